The zero-order chi connectivity index (χ0) is 4.99. The van der Waals surface area contributed by atoms with Gasteiger partial charge < -0.3 is 5.11 Å². The molecule has 1 atom stereocenters. The SMILES string of the molecule is CC#CC(O)Cl. The van der Waals surface area contributed by atoms with Crippen LogP contribution in [0.1, 0.15) is 6.92 Å². The van der Waals surface area contributed by atoms with E-state index in [0.29, 0.717) is 0 Å². The molecule has 1 nitrogen and oxygen atoms in total. The molecule has 1 unspecified atom stereocenters. The predicted octanol–water partition coefficient (Wildman–Crippen LogP) is 0.567. The minimum atomic E-state index is -0.991. The Bertz CT molecular complexity index is 77.3. The summed E-state index contributed by atoms with van der Waals surface area (Å²) in [5.41, 5.74) is -0.991. The van der Waals surface area contributed by atoms with Gasteiger partial charge in [0.15, 0.2) is 5.56 Å². The summed E-state index contributed by atoms with van der Waals surface area (Å²) in [5, 5.41) is 8.14. The summed E-state index contributed by atoms with van der Waals surface area (Å²) < 4.78 is 0. The Hall–Kier alpha value is -0.190. The van der Waals surface area contributed by atoms with Crippen LogP contribution >= 0.6 is 11.6 Å². The summed E-state index contributed by atoms with van der Waals surface area (Å²) in [6.07, 6.45) is 0. The van der Waals surface area contributed by atoms with Gasteiger partial charge in [0.05, 0.1) is 0 Å². The van der Waals surface area contributed by atoms with Crippen molar-refractivity contribution in [1.29, 1.82) is 0 Å². The highest BCUT2D eigenvalue weighted by atomic mass is 35.5. The molecule has 0 heterocycles. The first-order valence-corrected chi connectivity index (χ1v) is 1.95. The van der Waals surface area contributed by atoms with Crippen molar-refractivity contribution in [3.8, 4) is 11.8 Å². The van der Waals surface area contributed by atoms with Crippen molar-refractivity contribution in [3.63, 3.8) is 0 Å². The van der Waals surface area contributed by atoms with Crippen molar-refractivity contribution in [2.45, 2.75) is 12.5 Å². The normalized spacial score (nSPS) is 11.8. The average Bonchev–Trinajstić information content (AvgIpc) is 1.35. The molecule has 0 saturated carbocycles. The van der Waals surface area contributed by atoms with Gasteiger partial charge in [0.2, 0.25) is 0 Å². The van der Waals surface area contributed by atoms with Gasteiger partial charge >= 0.3 is 0 Å². The molecule has 0 saturated heterocycles. The number of hydrogen-bond donors (Lipinski definition) is 1. The van der Waals surface area contributed by atoms with Crippen LogP contribution in [-0.2, 0) is 0 Å². The summed E-state index contributed by atoms with van der Waals surface area (Å²) in [4.78, 5) is 0. The smallest absolute Gasteiger partial charge is 0.190 e. The minimum Gasteiger partial charge on any atom is -0.367 e. The van der Waals surface area contributed by atoms with Crippen molar-refractivity contribution in [1.82, 2.24) is 0 Å². The van der Waals surface area contributed by atoms with E-state index in [0.717, 1.165) is 0 Å². The first kappa shape index (κ1) is 5.81. The van der Waals surface area contributed by atoms with Crippen LogP contribution in [0.5, 0.6) is 0 Å². The second-order valence-electron chi connectivity index (χ2n) is 0.730. The molecule has 0 aromatic heterocycles. The fourth-order valence-electron chi connectivity index (χ4n) is 0.119. The summed E-state index contributed by atoms with van der Waals surface area (Å²) in [5.74, 6) is 4.71. The van der Waals surface area contributed by atoms with Crippen molar-refractivity contribution in [2.75, 3.05) is 0 Å². The Morgan fingerprint density at radius 1 is 1.83 bits per heavy atom. The standard InChI is InChI=1S/C4H5ClO/c1-2-3-4(5)6/h4,6H,1H3. The maximum Gasteiger partial charge on any atom is 0.190 e. The monoisotopic (exact) mass is 104 g/mol. The zero-order valence-corrected chi connectivity index (χ0v) is 4.16. The summed E-state index contributed by atoms with van der Waals surface area (Å²) in [6.45, 7) is 1.62. The summed E-state index contributed by atoms with van der Waals surface area (Å²) in [7, 11) is 0. The molecular weight excluding hydrogens is 99.5 g/mol. The molecular formula is C4H5ClO. The Morgan fingerprint density at radius 2 is 2.33 bits per heavy atom. The molecule has 0 amide bonds. The number of hydrogen-bond acceptors (Lipinski definition) is 1. The van der Waals surface area contributed by atoms with Gasteiger partial charge in [-0.2, -0.15) is 0 Å². The van der Waals surface area contributed by atoms with E-state index in [1.54, 1.807) is 6.92 Å². The van der Waals surface area contributed by atoms with E-state index < -0.39 is 5.56 Å². The van der Waals surface area contributed by atoms with Crippen LogP contribution in [0.2, 0.25) is 0 Å². The molecule has 0 aromatic carbocycles. The van der Waals surface area contributed by atoms with Crippen LogP contribution in [0.4, 0.5) is 0 Å². The van der Waals surface area contributed by atoms with Gasteiger partial charge in [-0.1, -0.05) is 17.5 Å². The summed E-state index contributed by atoms with van der Waals surface area (Å²) >= 11 is 4.96. The molecule has 0 rings (SSSR count). The first-order chi connectivity index (χ1) is 2.77. The topological polar surface area (TPSA) is 20.2 Å². The van der Waals surface area contributed by atoms with Crippen molar-refractivity contribution >= 4 is 11.6 Å². The van der Waals surface area contributed by atoms with Gasteiger partial charge in [0.1, 0.15) is 0 Å². The van der Waals surface area contributed by atoms with E-state index >= 15 is 0 Å². The lowest BCUT2D eigenvalue weighted by Gasteiger charge is -1.79. The lowest BCUT2D eigenvalue weighted by atomic mass is 10.6. The Morgan fingerprint density at radius 3 is 2.33 bits per heavy atom. The van der Waals surface area contributed by atoms with Crippen LogP contribution in [0, 0.1) is 11.8 Å². The third kappa shape index (κ3) is 3.81. The predicted molar refractivity (Wildman–Crippen MR) is 25.3 cm³/mol. The van der Waals surface area contributed by atoms with E-state index in [1.165, 1.54) is 0 Å². The van der Waals surface area contributed by atoms with E-state index in [1.807, 2.05) is 0 Å². The van der Waals surface area contributed by atoms with Crippen LogP contribution in [-0.4, -0.2) is 10.7 Å². The van der Waals surface area contributed by atoms with Crippen molar-refractivity contribution in [3.05, 3.63) is 0 Å². The van der Waals surface area contributed by atoms with Gasteiger partial charge in [-0.3, -0.25) is 0 Å². The third-order valence-electron chi connectivity index (χ3n) is 0.263. The molecule has 0 fully saturated rings. The average molecular weight is 105 g/mol. The molecule has 34 valence electrons. The molecule has 0 aliphatic rings. The van der Waals surface area contributed by atoms with Gasteiger partial charge in [0, 0.05) is 0 Å². The number of halogens is 1. The van der Waals surface area contributed by atoms with E-state index in [-0.39, 0.29) is 0 Å². The second-order valence-corrected chi connectivity index (χ2v) is 1.14. The van der Waals surface area contributed by atoms with Crippen LogP contribution < -0.4 is 0 Å². The fourth-order valence-corrected chi connectivity index (χ4v) is 0.228. The molecule has 0 bridgehead atoms. The lowest BCUT2D eigenvalue weighted by Crippen LogP contribution is -1.86. The third-order valence-corrected chi connectivity index (χ3v) is 0.373. The minimum absolute atomic E-state index is 0.991. The van der Waals surface area contributed by atoms with Crippen LogP contribution in [0.25, 0.3) is 0 Å². The Balaban J connectivity index is 3.20. The van der Waals surface area contributed by atoms with Gasteiger partial charge in [-0.05, 0) is 6.92 Å². The second kappa shape index (κ2) is 3.02. The zero-order valence-electron chi connectivity index (χ0n) is 3.40. The molecule has 0 radical (unpaired) electrons. The van der Waals surface area contributed by atoms with Crippen molar-refractivity contribution < 1.29 is 5.11 Å². The van der Waals surface area contributed by atoms with Gasteiger partial charge in [-0.25, -0.2) is 0 Å². The molecule has 0 spiro atoms. The maximum atomic E-state index is 8.14. The quantitative estimate of drug-likeness (QED) is 0.352. The van der Waals surface area contributed by atoms with Crippen LogP contribution in [0.3, 0.4) is 0 Å². The number of aliphatic hydroxyl groups is 1. The Labute approximate surface area is 41.9 Å². The lowest BCUT2D eigenvalue weighted by molar-refractivity contribution is 0.312. The number of rotatable bonds is 0. The maximum absolute atomic E-state index is 8.14. The molecule has 2 heteroatoms. The Kier molecular flexibility index (Phi) is 2.92. The van der Waals surface area contributed by atoms with E-state index in [4.69, 9.17) is 16.7 Å². The highest BCUT2D eigenvalue weighted by Crippen LogP contribution is 1.81. The highest BCUT2D eigenvalue weighted by Gasteiger charge is 1.80. The molecule has 0 aliphatic heterocycles. The van der Waals surface area contributed by atoms with Gasteiger partial charge in [-0.15, -0.1) is 5.92 Å². The van der Waals surface area contributed by atoms with E-state index in [2.05, 4.69) is 11.8 Å². The molecule has 0 aliphatic carbocycles. The first-order valence-electron chi connectivity index (χ1n) is 1.52. The van der Waals surface area contributed by atoms with Crippen LogP contribution in [0.15, 0.2) is 0 Å². The molecule has 0 aromatic rings. The molecule has 6 heavy (non-hydrogen) atoms. The number of alkyl halides is 1. The highest BCUT2D eigenvalue weighted by molar-refractivity contribution is 6.21. The largest absolute Gasteiger partial charge is 0.367 e. The molecule has 1 N–H and O–H groups in total. The number of aliphatic hydroxyl groups excluding tert-OH is 1. The van der Waals surface area contributed by atoms with E-state index in [9.17, 15) is 0 Å². The van der Waals surface area contributed by atoms with Gasteiger partial charge in [0.25, 0.3) is 0 Å². The van der Waals surface area contributed by atoms with Crippen molar-refractivity contribution in [2.24, 2.45) is 0 Å². The summed E-state index contributed by atoms with van der Waals surface area (Å²) in [6, 6.07) is 0. The fraction of sp³-hybridized carbons (Fsp3) is 0.500.